The second-order valence-corrected chi connectivity index (χ2v) is 4.26. The molecule has 0 aliphatic heterocycles. The summed E-state index contributed by atoms with van der Waals surface area (Å²) in [5, 5.41) is 11.3. The fourth-order valence-electron chi connectivity index (χ4n) is 1.04. The Morgan fingerprint density at radius 3 is 2.43 bits per heavy atom. The van der Waals surface area contributed by atoms with Gasteiger partial charge in [0.1, 0.15) is 0 Å². The third kappa shape index (κ3) is 6.44. The number of nitrogens with zero attached hydrogens (tertiary/aromatic N) is 2. The van der Waals surface area contributed by atoms with Crippen LogP contribution in [0.15, 0.2) is 0 Å². The van der Waals surface area contributed by atoms with Crippen molar-refractivity contribution in [2.24, 2.45) is 0 Å². The number of nitrogens with one attached hydrogen (secondary N) is 1. The van der Waals surface area contributed by atoms with Gasteiger partial charge in [0.05, 0.1) is 19.2 Å². The van der Waals surface area contributed by atoms with Gasteiger partial charge in [0.2, 0.25) is 5.91 Å². The van der Waals surface area contributed by atoms with Crippen molar-refractivity contribution in [3.8, 4) is 6.07 Å². The Kier molecular flexibility index (Phi) is 5.18. The number of hydrogen-bond acceptors (Lipinski definition) is 3. The molecule has 0 heterocycles. The zero-order valence-electron chi connectivity index (χ0n) is 9.42. The molecule has 0 saturated heterocycles. The van der Waals surface area contributed by atoms with Crippen LogP contribution in [0.2, 0.25) is 0 Å². The van der Waals surface area contributed by atoms with E-state index in [9.17, 15) is 4.79 Å². The molecule has 0 atom stereocenters. The third-order valence-corrected chi connectivity index (χ3v) is 1.62. The van der Waals surface area contributed by atoms with Gasteiger partial charge >= 0.3 is 0 Å². The highest BCUT2D eigenvalue weighted by molar-refractivity contribution is 5.78. The number of rotatable bonds is 4. The number of likely N-dealkylation sites (N-methyl/N-ethyl adjacent to an activating group) is 1. The molecule has 80 valence electrons. The number of hydrogen-bond donors (Lipinski definition) is 1. The van der Waals surface area contributed by atoms with Crippen molar-refractivity contribution in [3.05, 3.63) is 0 Å². The molecule has 0 radical (unpaired) electrons. The Hall–Kier alpha value is -1.08. The zero-order valence-corrected chi connectivity index (χ0v) is 9.42. The maximum Gasteiger partial charge on any atom is 0.234 e. The lowest BCUT2D eigenvalue weighted by Gasteiger charge is -2.23. The average Bonchev–Trinajstić information content (AvgIpc) is 2.00. The van der Waals surface area contributed by atoms with Crippen LogP contribution < -0.4 is 5.32 Å². The third-order valence-electron chi connectivity index (χ3n) is 1.62. The highest BCUT2D eigenvalue weighted by Crippen LogP contribution is 1.98. The fourth-order valence-corrected chi connectivity index (χ4v) is 1.04. The Morgan fingerprint density at radius 2 is 2.07 bits per heavy atom. The molecule has 0 aliphatic rings. The SMILES string of the molecule is CCN(CC#N)CC(=O)NC(C)(C)C. The molecule has 0 unspecified atom stereocenters. The summed E-state index contributed by atoms with van der Waals surface area (Å²) >= 11 is 0. The van der Waals surface area contributed by atoms with Crippen molar-refractivity contribution >= 4 is 5.91 Å². The average molecular weight is 197 g/mol. The summed E-state index contributed by atoms with van der Waals surface area (Å²) in [6.07, 6.45) is 0. The van der Waals surface area contributed by atoms with E-state index < -0.39 is 0 Å². The first kappa shape index (κ1) is 12.9. The predicted octanol–water partition coefficient (Wildman–Crippen LogP) is 0.747. The van der Waals surface area contributed by atoms with Gasteiger partial charge in [0.25, 0.3) is 0 Å². The quantitative estimate of drug-likeness (QED) is 0.676. The molecule has 0 aromatic rings. The summed E-state index contributed by atoms with van der Waals surface area (Å²) in [6, 6.07) is 2.03. The van der Waals surface area contributed by atoms with Crippen LogP contribution >= 0.6 is 0 Å². The van der Waals surface area contributed by atoms with Crippen LogP contribution in [0.3, 0.4) is 0 Å². The normalized spacial score (nSPS) is 11.1. The van der Waals surface area contributed by atoms with Gasteiger partial charge in [-0.15, -0.1) is 0 Å². The Bertz CT molecular complexity index is 225. The molecular formula is C10H19N3O. The van der Waals surface area contributed by atoms with Crippen LogP contribution in [0.4, 0.5) is 0 Å². The molecule has 0 rings (SSSR count). The van der Waals surface area contributed by atoms with Gasteiger partial charge in [-0.05, 0) is 27.3 Å². The van der Waals surface area contributed by atoms with Gasteiger partial charge in [-0.3, -0.25) is 9.69 Å². The second-order valence-electron chi connectivity index (χ2n) is 4.26. The zero-order chi connectivity index (χ0) is 11.2. The van der Waals surface area contributed by atoms with Crippen LogP contribution in [0.5, 0.6) is 0 Å². The lowest BCUT2D eigenvalue weighted by atomic mass is 10.1. The summed E-state index contributed by atoms with van der Waals surface area (Å²) in [4.78, 5) is 13.2. The lowest BCUT2D eigenvalue weighted by molar-refractivity contribution is -0.123. The van der Waals surface area contributed by atoms with Gasteiger partial charge in [-0.2, -0.15) is 5.26 Å². The summed E-state index contributed by atoms with van der Waals surface area (Å²) in [6.45, 7) is 9.05. The number of nitriles is 1. The Morgan fingerprint density at radius 1 is 1.50 bits per heavy atom. The summed E-state index contributed by atoms with van der Waals surface area (Å²) < 4.78 is 0. The lowest BCUT2D eigenvalue weighted by Crippen LogP contribution is -2.46. The molecule has 0 fully saturated rings. The van der Waals surface area contributed by atoms with Crippen molar-refractivity contribution in [1.29, 1.82) is 5.26 Å². The van der Waals surface area contributed by atoms with Gasteiger partial charge in [0.15, 0.2) is 0 Å². The van der Waals surface area contributed by atoms with E-state index in [1.54, 1.807) is 4.90 Å². The maximum absolute atomic E-state index is 11.4. The summed E-state index contributed by atoms with van der Waals surface area (Å²) in [7, 11) is 0. The molecule has 14 heavy (non-hydrogen) atoms. The van der Waals surface area contributed by atoms with E-state index >= 15 is 0 Å². The first-order valence-corrected chi connectivity index (χ1v) is 4.79. The molecule has 1 amide bonds. The van der Waals surface area contributed by atoms with E-state index in [2.05, 4.69) is 5.32 Å². The summed E-state index contributed by atoms with van der Waals surface area (Å²) in [5.41, 5.74) is -0.205. The van der Waals surface area contributed by atoms with E-state index in [0.29, 0.717) is 19.6 Å². The molecule has 4 nitrogen and oxygen atoms in total. The molecule has 1 N–H and O–H groups in total. The largest absolute Gasteiger partial charge is 0.350 e. The molecular weight excluding hydrogens is 178 g/mol. The molecule has 0 aliphatic carbocycles. The van der Waals surface area contributed by atoms with Crippen LogP contribution in [0.1, 0.15) is 27.7 Å². The van der Waals surface area contributed by atoms with Crippen LogP contribution in [0, 0.1) is 11.3 Å². The predicted molar refractivity (Wildman–Crippen MR) is 55.6 cm³/mol. The molecule has 0 aromatic heterocycles. The minimum Gasteiger partial charge on any atom is -0.350 e. The van der Waals surface area contributed by atoms with Crippen LogP contribution in [-0.2, 0) is 4.79 Å². The second kappa shape index (κ2) is 5.61. The monoisotopic (exact) mass is 197 g/mol. The van der Waals surface area contributed by atoms with E-state index in [1.165, 1.54) is 0 Å². The van der Waals surface area contributed by atoms with E-state index in [0.717, 1.165) is 0 Å². The van der Waals surface area contributed by atoms with Crippen LogP contribution in [-0.4, -0.2) is 36.0 Å². The number of amides is 1. The molecule has 4 heteroatoms. The van der Waals surface area contributed by atoms with E-state index in [4.69, 9.17) is 5.26 Å². The van der Waals surface area contributed by atoms with Crippen molar-refractivity contribution in [2.45, 2.75) is 33.2 Å². The highest BCUT2D eigenvalue weighted by Gasteiger charge is 2.15. The molecule has 0 aromatic carbocycles. The van der Waals surface area contributed by atoms with Crippen molar-refractivity contribution < 1.29 is 4.79 Å². The first-order valence-electron chi connectivity index (χ1n) is 4.79. The van der Waals surface area contributed by atoms with Gasteiger partial charge in [-0.1, -0.05) is 6.92 Å². The fraction of sp³-hybridized carbons (Fsp3) is 0.800. The standard InChI is InChI=1S/C10H19N3O/c1-5-13(7-6-11)8-9(14)12-10(2,3)4/h5,7-8H2,1-4H3,(H,12,14). The minimum absolute atomic E-state index is 0.0328. The van der Waals surface area contributed by atoms with Gasteiger partial charge in [0, 0.05) is 5.54 Å². The molecule has 0 bridgehead atoms. The maximum atomic E-state index is 11.4. The minimum atomic E-state index is -0.205. The van der Waals surface area contributed by atoms with Crippen molar-refractivity contribution in [1.82, 2.24) is 10.2 Å². The smallest absolute Gasteiger partial charge is 0.234 e. The van der Waals surface area contributed by atoms with Crippen LogP contribution in [0.25, 0.3) is 0 Å². The first-order chi connectivity index (χ1) is 6.39. The molecule has 0 saturated carbocycles. The number of carbonyl (C=O) groups is 1. The number of carbonyl (C=O) groups excluding carboxylic acids is 1. The van der Waals surface area contributed by atoms with Crippen molar-refractivity contribution in [3.63, 3.8) is 0 Å². The van der Waals surface area contributed by atoms with Crippen molar-refractivity contribution in [2.75, 3.05) is 19.6 Å². The molecule has 0 spiro atoms. The van der Waals surface area contributed by atoms with E-state index in [1.807, 2.05) is 33.8 Å². The van der Waals surface area contributed by atoms with E-state index in [-0.39, 0.29) is 11.4 Å². The Labute approximate surface area is 85.9 Å². The summed E-state index contributed by atoms with van der Waals surface area (Å²) in [5.74, 6) is -0.0328. The van der Waals surface area contributed by atoms with Gasteiger partial charge in [-0.25, -0.2) is 0 Å². The topological polar surface area (TPSA) is 56.1 Å². The van der Waals surface area contributed by atoms with Gasteiger partial charge < -0.3 is 5.32 Å². The Balaban J connectivity index is 3.98. The highest BCUT2D eigenvalue weighted by atomic mass is 16.2.